The molecule has 34 heavy (non-hydrogen) atoms. The van der Waals surface area contributed by atoms with Gasteiger partial charge in [-0.1, -0.05) is 29.8 Å². The van der Waals surface area contributed by atoms with Crippen LogP contribution in [0.3, 0.4) is 0 Å². The fourth-order valence-electron chi connectivity index (χ4n) is 4.53. The molecule has 8 heteroatoms. The van der Waals surface area contributed by atoms with Crippen LogP contribution in [0, 0.1) is 12.3 Å². The smallest absolute Gasteiger partial charge is 0.216 e. The van der Waals surface area contributed by atoms with Gasteiger partial charge in [0.1, 0.15) is 5.82 Å². The van der Waals surface area contributed by atoms with Crippen molar-refractivity contribution >= 4 is 39.1 Å². The van der Waals surface area contributed by atoms with Crippen LogP contribution in [0.2, 0.25) is 0 Å². The second-order valence-electron chi connectivity index (χ2n) is 9.38. The number of carbonyl (C=O) groups excluding carboxylic acids is 1. The third-order valence-corrected chi connectivity index (χ3v) is 8.03. The maximum Gasteiger partial charge on any atom is 0.216 e. The summed E-state index contributed by atoms with van der Waals surface area (Å²) in [5.74, 6) is 1.41. The van der Waals surface area contributed by atoms with Gasteiger partial charge in [-0.3, -0.25) is 9.00 Å². The summed E-state index contributed by atoms with van der Waals surface area (Å²) in [6, 6.07) is 16.4. The van der Waals surface area contributed by atoms with E-state index in [1.54, 1.807) is 6.92 Å². The minimum atomic E-state index is -1.01. The van der Waals surface area contributed by atoms with Crippen molar-refractivity contribution in [1.82, 2.24) is 10.3 Å². The summed E-state index contributed by atoms with van der Waals surface area (Å²) < 4.78 is 18.3. The minimum Gasteiger partial charge on any atom is -0.384 e. The van der Waals surface area contributed by atoms with Gasteiger partial charge < -0.3 is 20.3 Å². The van der Waals surface area contributed by atoms with Gasteiger partial charge in [-0.2, -0.15) is 0 Å². The highest BCUT2D eigenvalue weighted by atomic mass is 32.2. The van der Waals surface area contributed by atoms with Crippen molar-refractivity contribution in [2.45, 2.75) is 25.3 Å². The maximum atomic E-state index is 12.8. The second-order valence-corrected chi connectivity index (χ2v) is 10.9. The van der Waals surface area contributed by atoms with Crippen LogP contribution in [0.25, 0.3) is 10.9 Å². The molecule has 0 spiro atoms. The molecular formula is C26H30N4O3S. The molecule has 1 saturated heterocycles. The highest BCUT2D eigenvalue weighted by Crippen LogP contribution is 2.33. The first-order chi connectivity index (χ1) is 16.4. The number of amides is 1. The average molecular weight is 479 g/mol. The predicted molar refractivity (Wildman–Crippen MR) is 136 cm³/mol. The molecule has 0 aliphatic carbocycles. The molecule has 1 atom stereocenters. The number of carbonyl (C=O) groups is 1. The molecular weight excluding hydrogens is 448 g/mol. The van der Waals surface area contributed by atoms with Crippen LogP contribution < -0.4 is 15.5 Å². The van der Waals surface area contributed by atoms with E-state index in [9.17, 15) is 9.00 Å². The van der Waals surface area contributed by atoms with Crippen LogP contribution in [0.1, 0.15) is 18.1 Å². The largest absolute Gasteiger partial charge is 0.384 e. The molecule has 2 N–H and O–H groups in total. The van der Waals surface area contributed by atoms with E-state index in [4.69, 9.17) is 9.72 Å². The zero-order valence-electron chi connectivity index (χ0n) is 19.6. The number of hydrogen-bond donors (Lipinski definition) is 2. The lowest BCUT2D eigenvalue weighted by Crippen LogP contribution is -2.54. The summed E-state index contributed by atoms with van der Waals surface area (Å²) in [6.07, 6.45) is 0. The van der Waals surface area contributed by atoms with E-state index in [2.05, 4.69) is 52.8 Å². The number of aromatic nitrogens is 1. The van der Waals surface area contributed by atoms with E-state index in [1.165, 1.54) is 5.56 Å². The van der Waals surface area contributed by atoms with Gasteiger partial charge >= 0.3 is 0 Å². The number of nitrogens with one attached hydrogen (secondary N) is 2. The monoisotopic (exact) mass is 478 g/mol. The Bertz CT molecular complexity index is 1260. The Hall–Kier alpha value is -2.97. The Balaban J connectivity index is 1.47. The zero-order chi connectivity index (χ0) is 23.7. The number of hydrogen-bond acceptors (Lipinski definition) is 6. The van der Waals surface area contributed by atoms with Crippen molar-refractivity contribution in [3.8, 4) is 0 Å². The molecule has 2 aliphatic heterocycles. The summed E-state index contributed by atoms with van der Waals surface area (Å²) in [4.78, 5) is 19.6. The molecule has 1 amide bonds. The fourth-order valence-corrected chi connectivity index (χ4v) is 5.79. The molecule has 0 saturated carbocycles. The highest BCUT2D eigenvalue weighted by molar-refractivity contribution is 7.85. The van der Waals surface area contributed by atoms with Gasteiger partial charge in [0.05, 0.1) is 34.9 Å². The van der Waals surface area contributed by atoms with Gasteiger partial charge in [0.2, 0.25) is 5.91 Å². The summed E-state index contributed by atoms with van der Waals surface area (Å²) in [7, 11) is -1.01. The molecule has 5 rings (SSSR count). The Kier molecular flexibility index (Phi) is 6.27. The molecule has 2 aromatic carbocycles. The maximum absolute atomic E-state index is 12.8. The van der Waals surface area contributed by atoms with Crippen LogP contribution >= 0.6 is 0 Å². The van der Waals surface area contributed by atoms with Gasteiger partial charge in [-0.05, 0) is 30.7 Å². The molecule has 178 valence electrons. The standard InChI is InChI=1S/C26H30N4O3S/c1-18-7-8-22-21(11-18)23(28-15-26(16-33-17-26)14-27-19(2)31)12-25(29-22)30-9-10-34(32)24-6-4-3-5-20(24)13-30/h3-8,11-12H,9-10,13-17H2,1-2H3,(H,27,31)(H,28,29). The SMILES string of the molecule is CC(=O)NCC1(CNc2cc(N3CCS(=O)c4ccccc4C3)nc3ccc(C)cc23)COC1. The number of nitrogens with zero attached hydrogens (tertiary/aromatic N) is 2. The molecule has 1 aromatic heterocycles. The molecule has 1 unspecified atom stereocenters. The number of ether oxygens (including phenoxy) is 1. The van der Waals surface area contributed by atoms with E-state index in [0.717, 1.165) is 32.9 Å². The van der Waals surface area contributed by atoms with Crippen LogP contribution in [0.4, 0.5) is 11.5 Å². The third kappa shape index (κ3) is 4.65. The fraction of sp³-hybridized carbons (Fsp3) is 0.385. The first-order valence-electron chi connectivity index (χ1n) is 11.6. The number of pyridine rings is 1. The Morgan fingerprint density at radius 2 is 2.00 bits per heavy atom. The lowest BCUT2D eigenvalue weighted by atomic mass is 9.85. The Morgan fingerprint density at radius 1 is 1.18 bits per heavy atom. The van der Waals surface area contributed by atoms with Crippen molar-refractivity contribution in [1.29, 1.82) is 0 Å². The summed E-state index contributed by atoms with van der Waals surface area (Å²) in [6.45, 7) is 7.46. The van der Waals surface area contributed by atoms with Gasteiger partial charge in [0.15, 0.2) is 0 Å². The van der Waals surface area contributed by atoms with Crippen LogP contribution in [0.5, 0.6) is 0 Å². The number of benzene rings is 2. The van der Waals surface area contributed by atoms with E-state index in [-0.39, 0.29) is 11.3 Å². The zero-order valence-corrected chi connectivity index (χ0v) is 20.4. The van der Waals surface area contributed by atoms with E-state index in [0.29, 0.717) is 45.1 Å². The highest BCUT2D eigenvalue weighted by Gasteiger charge is 2.38. The first kappa shape index (κ1) is 22.8. The molecule has 0 radical (unpaired) electrons. The number of aryl methyl sites for hydroxylation is 1. The number of anilines is 2. The third-order valence-electron chi connectivity index (χ3n) is 6.58. The lowest BCUT2D eigenvalue weighted by molar-refractivity contribution is -0.125. The normalized spacial score (nSPS) is 19.1. The molecule has 1 fully saturated rings. The van der Waals surface area contributed by atoms with Crippen molar-refractivity contribution < 1.29 is 13.7 Å². The first-order valence-corrected chi connectivity index (χ1v) is 12.9. The molecule has 0 bridgehead atoms. The molecule has 3 aromatic rings. The van der Waals surface area contributed by atoms with E-state index in [1.807, 2.05) is 18.2 Å². The second kappa shape index (κ2) is 9.35. The summed E-state index contributed by atoms with van der Waals surface area (Å²) in [5.41, 5.74) is 4.06. The van der Waals surface area contributed by atoms with E-state index < -0.39 is 10.8 Å². The van der Waals surface area contributed by atoms with Crippen molar-refractivity contribution in [3.05, 3.63) is 59.7 Å². The Labute approximate surface area is 202 Å². The molecule has 3 heterocycles. The topological polar surface area (TPSA) is 83.6 Å². The quantitative estimate of drug-likeness (QED) is 0.566. The number of rotatable bonds is 6. The average Bonchev–Trinajstić information content (AvgIpc) is 2.97. The lowest BCUT2D eigenvalue weighted by Gasteiger charge is -2.41. The van der Waals surface area contributed by atoms with Gasteiger partial charge in [-0.15, -0.1) is 0 Å². The predicted octanol–water partition coefficient (Wildman–Crippen LogP) is 3.24. The summed E-state index contributed by atoms with van der Waals surface area (Å²) in [5, 5.41) is 7.66. The Morgan fingerprint density at radius 3 is 2.76 bits per heavy atom. The summed E-state index contributed by atoms with van der Waals surface area (Å²) >= 11 is 0. The van der Waals surface area contributed by atoms with Gasteiger partial charge in [-0.25, -0.2) is 4.98 Å². The van der Waals surface area contributed by atoms with Gasteiger partial charge in [0.25, 0.3) is 0 Å². The molecule has 2 aliphatic rings. The van der Waals surface area contributed by atoms with Gasteiger partial charge in [0, 0.05) is 60.9 Å². The van der Waals surface area contributed by atoms with Crippen molar-refractivity contribution in [2.24, 2.45) is 5.41 Å². The minimum absolute atomic E-state index is 0.0302. The van der Waals surface area contributed by atoms with Crippen LogP contribution in [0.15, 0.2) is 53.4 Å². The number of fused-ring (bicyclic) bond motifs is 2. The van der Waals surface area contributed by atoms with Crippen molar-refractivity contribution in [3.63, 3.8) is 0 Å². The van der Waals surface area contributed by atoms with Crippen LogP contribution in [-0.4, -0.2) is 53.7 Å². The van der Waals surface area contributed by atoms with Crippen LogP contribution in [-0.2, 0) is 26.9 Å². The molecule has 7 nitrogen and oxygen atoms in total. The van der Waals surface area contributed by atoms with Crippen molar-refractivity contribution in [2.75, 3.05) is 48.8 Å². The van der Waals surface area contributed by atoms with E-state index >= 15 is 0 Å².